The molecule has 0 spiro atoms. The highest BCUT2D eigenvalue weighted by Gasteiger charge is 2.23. The fourth-order valence-electron chi connectivity index (χ4n) is 1.88. The van der Waals surface area contributed by atoms with E-state index in [1.807, 2.05) is 0 Å². The molecular formula is C9H19NS. The second kappa shape index (κ2) is 5.04. The molecule has 0 radical (unpaired) electrons. The van der Waals surface area contributed by atoms with Gasteiger partial charge in [-0.2, -0.15) is 11.8 Å². The summed E-state index contributed by atoms with van der Waals surface area (Å²) in [5.41, 5.74) is 5.71. The minimum Gasteiger partial charge on any atom is -0.330 e. The van der Waals surface area contributed by atoms with Gasteiger partial charge in [-0.15, -0.1) is 0 Å². The van der Waals surface area contributed by atoms with Gasteiger partial charge in [0.05, 0.1) is 0 Å². The van der Waals surface area contributed by atoms with E-state index in [9.17, 15) is 0 Å². The van der Waals surface area contributed by atoms with Crippen molar-refractivity contribution in [2.24, 2.45) is 11.7 Å². The van der Waals surface area contributed by atoms with E-state index in [1.54, 1.807) is 0 Å². The highest BCUT2D eigenvalue weighted by Crippen LogP contribution is 2.32. The van der Waals surface area contributed by atoms with Crippen LogP contribution in [0.15, 0.2) is 0 Å². The first-order valence-electron chi connectivity index (χ1n) is 4.70. The molecule has 0 aromatic carbocycles. The van der Waals surface area contributed by atoms with Crippen LogP contribution in [0, 0.1) is 5.92 Å². The van der Waals surface area contributed by atoms with Gasteiger partial charge in [0.2, 0.25) is 0 Å². The molecule has 0 heterocycles. The molecule has 1 saturated carbocycles. The van der Waals surface area contributed by atoms with Crippen molar-refractivity contribution < 1.29 is 0 Å². The van der Waals surface area contributed by atoms with Crippen molar-refractivity contribution >= 4 is 11.8 Å². The number of hydrogen-bond acceptors (Lipinski definition) is 2. The third-order valence-corrected chi connectivity index (χ3v) is 3.90. The second-order valence-electron chi connectivity index (χ2n) is 3.27. The van der Waals surface area contributed by atoms with Crippen LogP contribution in [-0.4, -0.2) is 17.5 Å². The zero-order chi connectivity index (χ0) is 8.10. The lowest BCUT2D eigenvalue weighted by atomic mass is 9.89. The summed E-state index contributed by atoms with van der Waals surface area (Å²) in [6.45, 7) is 3.14. The average molecular weight is 173 g/mol. The van der Waals surface area contributed by atoms with Gasteiger partial charge in [-0.3, -0.25) is 0 Å². The summed E-state index contributed by atoms with van der Waals surface area (Å²) >= 11 is 2.10. The molecule has 1 rings (SSSR count). The molecular weight excluding hydrogens is 154 g/mol. The van der Waals surface area contributed by atoms with E-state index in [-0.39, 0.29) is 0 Å². The molecule has 1 aliphatic rings. The highest BCUT2D eigenvalue weighted by molar-refractivity contribution is 7.99. The Kier molecular flexibility index (Phi) is 4.31. The number of rotatable bonds is 3. The molecule has 1 fully saturated rings. The summed E-state index contributed by atoms with van der Waals surface area (Å²) in [4.78, 5) is 0. The minimum atomic E-state index is 0.814. The summed E-state index contributed by atoms with van der Waals surface area (Å²) in [5.74, 6) is 2.06. The van der Waals surface area contributed by atoms with Gasteiger partial charge in [-0.25, -0.2) is 0 Å². The van der Waals surface area contributed by atoms with Gasteiger partial charge in [-0.05, 0) is 31.1 Å². The number of thioether (sulfide) groups is 1. The van der Waals surface area contributed by atoms with E-state index in [0.29, 0.717) is 0 Å². The lowest BCUT2D eigenvalue weighted by Gasteiger charge is -2.29. The van der Waals surface area contributed by atoms with Crippen LogP contribution in [-0.2, 0) is 0 Å². The van der Waals surface area contributed by atoms with Crippen molar-refractivity contribution in [3.05, 3.63) is 0 Å². The smallest absolute Gasteiger partial charge is 0.00872 e. The van der Waals surface area contributed by atoms with Crippen molar-refractivity contribution in [1.82, 2.24) is 0 Å². The Balaban J connectivity index is 2.31. The molecule has 2 atom stereocenters. The molecule has 0 bridgehead atoms. The van der Waals surface area contributed by atoms with Gasteiger partial charge in [0.15, 0.2) is 0 Å². The Labute approximate surface area is 74.1 Å². The zero-order valence-corrected chi connectivity index (χ0v) is 8.20. The molecule has 1 nitrogen and oxygen atoms in total. The monoisotopic (exact) mass is 173 g/mol. The fourth-order valence-corrected chi connectivity index (χ4v) is 3.16. The molecule has 0 saturated heterocycles. The van der Waals surface area contributed by atoms with Crippen LogP contribution in [0.5, 0.6) is 0 Å². The topological polar surface area (TPSA) is 26.0 Å². The fraction of sp³-hybridized carbons (Fsp3) is 1.00. The van der Waals surface area contributed by atoms with E-state index in [2.05, 4.69) is 18.7 Å². The van der Waals surface area contributed by atoms with E-state index in [4.69, 9.17) is 5.73 Å². The van der Waals surface area contributed by atoms with Crippen LogP contribution in [0.4, 0.5) is 0 Å². The molecule has 2 heteroatoms. The largest absolute Gasteiger partial charge is 0.330 e. The molecule has 1 aliphatic carbocycles. The number of hydrogen-bond donors (Lipinski definition) is 1. The normalized spacial score (nSPS) is 32.2. The lowest BCUT2D eigenvalue weighted by Crippen LogP contribution is -2.28. The predicted octanol–water partition coefficient (Wildman–Crippen LogP) is 2.26. The highest BCUT2D eigenvalue weighted by atomic mass is 32.2. The van der Waals surface area contributed by atoms with Gasteiger partial charge < -0.3 is 5.73 Å². The minimum absolute atomic E-state index is 0.814. The first kappa shape index (κ1) is 9.40. The SMILES string of the molecule is CCSC1CCCCC1CN. The van der Waals surface area contributed by atoms with E-state index >= 15 is 0 Å². The second-order valence-corrected chi connectivity index (χ2v) is 4.79. The first-order chi connectivity index (χ1) is 5.38. The Hall–Kier alpha value is 0.310. The van der Waals surface area contributed by atoms with Crippen LogP contribution in [0.2, 0.25) is 0 Å². The first-order valence-corrected chi connectivity index (χ1v) is 5.75. The number of nitrogens with two attached hydrogens (primary N) is 1. The zero-order valence-electron chi connectivity index (χ0n) is 7.38. The molecule has 2 unspecified atom stereocenters. The van der Waals surface area contributed by atoms with E-state index in [0.717, 1.165) is 17.7 Å². The van der Waals surface area contributed by atoms with Crippen molar-refractivity contribution in [2.45, 2.75) is 37.9 Å². The average Bonchev–Trinajstić information content (AvgIpc) is 2.06. The molecule has 0 aromatic heterocycles. The Bertz CT molecular complexity index is 104. The Morgan fingerprint density at radius 3 is 2.73 bits per heavy atom. The van der Waals surface area contributed by atoms with Crippen molar-refractivity contribution in [1.29, 1.82) is 0 Å². The molecule has 0 amide bonds. The van der Waals surface area contributed by atoms with Gasteiger partial charge in [0.25, 0.3) is 0 Å². The molecule has 11 heavy (non-hydrogen) atoms. The maximum absolute atomic E-state index is 5.71. The summed E-state index contributed by atoms with van der Waals surface area (Å²) in [5, 5.41) is 0.874. The van der Waals surface area contributed by atoms with Crippen molar-refractivity contribution in [3.63, 3.8) is 0 Å². The van der Waals surface area contributed by atoms with E-state index < -0.39 is 0 Å². The van der Waals surface area contributed by atoms with Crippen LogP contribution in [0.1, 0.15) is 32.6 Å². The molecule has 2 N–H and O–H groups in total. The quantitative estimate of drug-likeness (QED) is 0.708. The van der Waals surface area contributed by atoms with Gasteiger partial charge >= 0.3 is 0 Å². The van der Waals surface area contributed by atoms with Gasteiger partial charge in [-0.1, -0.05) is 19.8 Å². The third kappa shape index (κ3) is 2.68. The van der Waals surface area contributed by atoms with Crippen LogP contribution >= 0.6 is 11.8 Å². The van der Waals surface area contributed by atoms with Crippen molar-refractivity contribution in [2.75, 3.05) is 12.3 Å². The third-order valence-electron chi connectivity index (χ3n) is 2.52. The van der Waals surface area contributed by atoms with Gasteiger partial charge in [0.1, 0.15) is 0 Å². The maximum atomic E-state index is 5.71. The maximum Gasteiger partial charge on any atom is 0.00872 e. The van der Waals surface area contributed by atoms with Crippen molar-refractivity contribution in [3.8, 4) is 0 Å². The summed E-state index contributed by atoms with van der Waals surface area (Å²) in [6.07, 6.45) is 5.60. The Morgan fingerprint density at radius 2 is 2.09 bits per heavy atom. The van der Waals surface area contributed by atoms with Crippen LogP contribution in [0.25, 0.3) is 0 Å². The molecule has 0 aromatic rings. The molecule has 66 valence electrons. The standard InChI is InChI=1S/C9H19NS/c1-2-11-9-6-4-3-5-8(9)7-10/h8-9H,2-7,10H2,1H3. The summed E-state index contributed by atoms with van der Waals surface area (Å²) in [7, 11) is 0. The summed E-state index contributed by atoms with van der Waals surface area (Å²) < 4.78 is 0. The lowest BCUT2D eigenvalue weighted by molar-refractivity contribution is 0.378. The summed E-state index contributed by atoms with van der Waals surface area (Å²) in [6, 6.07) is 0. The predicted molar refractivity (Wildman–Crippen MR) is 52.9 cm³/mol. The van der Waals surface area contributed by atoms with E-state index in [1.165, 1.54) is 31.4 Å². The van der Waals surface area contributed by atoms with Crippen LogP contribution < -0.4 is 5.73 Å². The van der Waals surface area contributed by atoms with Crippen LogP contribution in [0.3, 0.4) is 0 Å². The Morgan fingerprint density at radius 1 is 1.36 bits per heavy atom. The molecule has 0 aliphatic heterocycles. The van der Waals surface area contributed by atoms with Gasteiger partial charge in [0, 0.05) is 5.25 Å².